The van der Waals surface area contributed by atoms with Crippen molar-refractivity contribution < 1.29 is 9.47 Å². The minimum atomic E-state index is 0.0548. The van der Waals surface area contributed by atoms with Gasteiger partial charge in [0.25, 0.3) is 0 Å². The summed E-state index contributed by atoms with van der Waals surface area (Å²) < 4.78 is 11.5. The van der Waals surface area contributed by atoms with Crippen LogP contribution in [0.1, 0.15) is 30.0 Å². The van der Waals surface area contributed by atoms with Gasteiger partial charge < -0.3 is 15.2 Å². The fourth-order valence-electron chi connectivity index (χ4n) is 2.43. The first-order chi connectivity index (χ1) is 9.74. The third-order valence-corrected chi connectivity index (χ3v) is 3.66. The molecule has 0 aliphatic carbocycles. The van der Waals surface area contributed by atoms with Crippen LogP contribution >= 0.6 is 0 Å². The van der Waals surface area contributed by atoms with E-state index in [4.69, 9.17) is 15.2 Å². The Hall–Kier alpha value is -2.00. The topological polar surface area (TPSA) is 44.5 Å². The SMILES string of the molecule is C[C@@H](N)c1ccc(OCC2COc3ccccc32)cc1. The van der Waals surface area contributed by atoms with Crippen molar-refractivity contribution in [2.45, 2.75) is 18.9 Å². The molecule has 0 saturated heterocycles. The molecule has 0 amide bonds. The Morgan fingerprint density at radius 3 is 2.70 bits per heavy atom. The molecule has 1 aliphatic heterocycles. The number of para-hydroxylation sites is 1. The summed E-state index contributed by atoms with van der Waals surface area (Å²) in [7, 11) is 0. The molecule has 20 heavy (non-hydrogen) atoms. The lowest BCUT2D eigenvalue weighted by Crippen LogP contribution is -2.11. The van der Waals surface area contributed by atoms with Crippen LogP contribution in [-0.4, -0.2) is 13.2 Å². The average Bonchev–Trinajstić information content (AvgIpc) is 2.89. The Kier molecular flexibility index (Phi) is 3.61. The van der Waals surface area contributed by atoms with Crippen molar-refractivity contribution in [2.24, 2.45) is 5.73 Å². The highest BCUT2D eigenvalue weighted by Gasteiger charge is 2.24. The summed E-state index contributed by atoms with van der Waals surface area (Å²) in [6.07, 6.45) is 0. The number of fused-ring (bicyclic) bond motifs is 1. The fraction of sp³-hybridized carbons (Fsp3) is 0.294. The second-order valence-electron chi connectivity index (χ2n) is 5.21. The number of nitrogens with two attached hydrogens (primary N) is 1. The third-order valence-electron chi connectivity index (χ3n) is 3.66. The van der Waals surface area contributed by atoms with Crippen molar-refractivity contribution in [3.05, 3.63) is 59.7 Å². The maximum absolute atomic E-state index is 5.86. The van der Waals surface area contributed by atoms with Gasteiger partial charge in [0, 0.05) is 11.6 Å². The van der Waals surface area contributed by atoms with Gasteiger partial charge in [0.05, 0.1) is 19.1 Å². The lowest BCUT2D eigenvalue weighted by molar-refractivity contribution is 0.248. The molecule has 3 rings (SSSR count). The smallest absolute Gasteiger partial charge is 0.123 e. The second kappa shape index (κ2) is 5.55. The molecule has 2 aromatic carbocycles. The first kappa shape index (κ1) is 13.0. The van der Waals surface area contributed by atoms with Gasteiger partial charge in [-0.15, -0.1) is 0 Å². The molecule has 0 saturated carbocycles. The molecule has 2 N–H and O–H groups in total. The van der Waals surface area contributed by atoms with Crippen LogP contribution in [0.4, 0.5) is 0 Å². The van der Waals surface area contributed by atoms with Gasteiger partial charge in [-0.3, -0.25) is 0 Å². The molecule has 0 radical (unpaired) electrons. The van der Waals surface area contributed by atoms with Crippen LogP contribution in [0.25, 0.3) is 0 Å². The minimum Gasteiger partial charge on any atom is -0.493 e. The average molecular weight is 269 g/mol. The number of hydrogen-bond acceptors (Lipinski definition) is 3. The normalized spacial score (nSPS) is 18.2. The zero-order valence-electron chi connectivity index (χ0n) is 11.6. The van der Waals surface area contributed by atoms with Gasteiger partial charge in [0.2, 0.25) is 0 Å². The highest BCUT2D eigenvalue weighted by molar-refractivity contribution is 5.40. The van der Waals surface area contributed by atoms with E-state index < -0.39 is 0 Å². The number of hydrogen-bond donors (Lipinski definition) is 1. The molecule has 0 bridgehead atoms. The summed E-state index contributed by atoms with van der Waals surface area (Å²) in [5.41, 5.74) is 8.19. The Morgan fingerprint density at radius 2 is 1.95 bits per heavy atom. The summed E-state index contributed by atoms with van der Waals surface area (Å²) >= 11 is 0. The van der Waals surface area contributed by atoms with E-state index in [9.17, 15) is 0 Å². The molecule has 1 unspecified atom stereocenters. The zero-order valence-corrected chi connectivity index (χ0v) is 11.6. The van der Waals surface area contributed by atoms with E-state index in [1.54, 1.807) is 0 Å². The van der Waals surface area contributed by atoms with Crippen LogP contribution in [0.3, 0.4) is 0 Å². The first-order valence-electron chi connectivity index (χ1n) is 6.94. The lowest BCUT2D eigenvalue weighted by atomic mass is 10.0. The van der Waals surface area contributed by atoms with Crippen molar-refractivity contribution in [2.75, 3.05) is 13.2 Å². The highest BCUT2D eigenvalue weighted by atomic mass is 16.5. The Balaban J connectivity index is 1.63. The van der Waals surface area contributed by atoms with Crippen LogP contribution < -0.4 is 15.2 Å². The summed E-state index contributed by atoms with van der Waals surface area (Å²) in [5, 5.41) is 0. The largest absolute Gasteiger partial charge is 0.493 e. The number of benzene rings is 2. The summed E-state index contributed by atoms with van der Waals surface area (Å²) in [5.74, 6) is 2.16. The van der Waals surface area contributed by atoms with Crippen molar-refractivity contribution in [3.8, 4) is 11.5 Å². The summed E-state index contributed by atoms with van der Waals surface area (Å²) in [6, 6.07) is 16.2. The standard InChI is InChI=1S/C17H19NO2/c1-12(18)13-6-8-15(9-7-13)19-10-14-11-20-17-5-3-2-4-16(14)17/h2-9,12,14H,10-11,18H2,1H3/t12-,14?/m1/s1. The van der Waals surface area contributed by atoms with E-state index in [-0.39, 0.29) is 6.04 Å². The van der Waals surface area contributed by atoms with Gasteiger partial charge in [-0.25, -0.2) is 0 Å². The van der Waals surface area contributed by atoms with E-state index in [1.807, 2.05) is 49.4 Å². The number of rotatable bonds is 4. The lowest BCUT2D eigenvalue weighted by Gasteiger charge is -2.12. The van der Waals surface area contributed by atoms with Crippen LogP contribution in [0.15, 0.2) is 48.5 Å². The van der Waals surface area contributed by atoms with Gasteiger partial charge >= 0.3 is 0 Å². The maximum Gasteiger partial charge on any atom is 0.123 e. The molecule has 2 atom stereocenters. The highest BCUT2D eigenvalue weighted by Crippen LogP contribution is 2.33. The summed E-state index contributed by atoms with van der Waals surface area (Å²) in [6.45, 7) is 3.30. The van der Waals surface area contributed by atoms with Gasteiger partial charge in [0.15, 0.2) is 0 Å². The van der Waals surface area contributed by atoms with Crippen molar-refractivity contribution >= 4 is 0 Å². The van der Waals surface area contributed by atoms with E-state index in [0.29, 0.717) is 19.1 Å². The van der Waals surface area contributed by atoms with Crippen molar-refractivity contribution in [3.63, 3.8) is 0 Å². The van der Waals surface area contributed by atoms with Gasteiger partial charge in [-0.1, -0.05) is 30.3 Å². The van der Waals surface area contributed by atoms with Crippen molar-refractivity contribution in [1.82, 2.24) is 0 Å². The quantitative estimate of drug-likeness (QED) is 0.926. The molecule has 104 valence electrons. The second-order valence-corrected chi connectivity index (χ2v) is 5.21. The molecule has 3 nitrogen and oxygen atoms in total. The van der Waals surface area contributed by atoms with E-state index >= 15 is 0 Å². The predicted molar refractivity (Wildman–Crippen MR) is 79.2 cm³/mol. The predicted octanol–water partition coefficient (Wildman–Crippen LogP) is 3.26. The molecular formula is C17H19NO2. The molecule has 3 heteroatoms. The third kappa shape index (κ3) is 2.63. The molecule has 0 spiro atoms. The number of ether oxygens (including phenoxy) is 2. The molecule has 0 aromatic heterocycles. The summed E-state index contributed by atoms with van der Waals surface area (Å²) in [4.78, 5) is 0. The first-order valence-corrected chi connectivity index (χ1v) is 6.94. The molecule has 0 fully saturated rings. The van der Waals surface area contributed by atoms with Crippen LogP contribution in [-0.2, 0) is 0 Å². The molecule has 2 aromatic rings. The van der Waals surface area contributed by atoms with Gasteiger partial charge in [0.1, 0.15) is 11.5 Å². The Labute approximate surface area is 119 Å². The Morgan fingerprint density at radius 1 is 1.20 bits per heavy atom. The van der Waals surface area contributed by atoms with Crippen molar-refractivity contribution in [1.29, 1.82) is 0 Å². The van der Waals surface area contributed by atoms with Gasteiger partial charge in [-0.2, -0.15) is 0 Å². The fourth-order valence-corrected chi connectivity index (χ4v) is 2.43. The van der Waals surface area contributed by atoms with Crippen LogP contribution in [0.5, 0.6) is 11.5 Å². The minimum absolute atomic E-state index is 0.0548. The maximum atomic E-state index is 5.86. The van der Waals surface area contributed by atoms with E-state index in [0.717, 1.165) is 17.1 Å². The van der Waals surface area contributed by atoms with Gasteiger partial charge in [-0.05, 0) is 30.7 Å². The Bertz CT molecular complexity index is 578. The van der Waals surface area contributed by atoms with Crippen LogP contribution in [0, 0.1) is 0 Å². The molecule has 1 aliphatic rings. The zero-order chi connectivity index (χ0) is 13.9. The molecular weight excluding hydrogens is 250 g/mol. The van der Waals surface area contributed by atoms with Crippen LogP contribution in [0.2, 0.25) is 0 Å². The van der Waals surface area contributed by atoms with E-state index in [2.05, 4.69) is 6.07 Å². The van der Waals surface area contributed by atoms with E-state index in [1.165, 1.54) is 5.56 Å². The molecule has 1 heterocycles. The monoisotopic (exact) mass is 269 g/mol.